The Morgan fingerprint density at radius 1 is 1.31 bits per heavy atom. The van der Waals surface area contributed by atoms with Crippen molar-refractivity contribution in [1.82, 2.24) is 0 Å². The van der Waals surface area contributed by atoms with E-state index < -0.39 is 0 Å². The zero-order valence-electron chi connectivity index (χ0n) is 7.03. The fourth-order valence-corrected chi connectivity index (χ4v) is 3.28. The molecule has 1 unspecified atom stereocenters. The Labute approximate surface area is 90.4 Å². The van der Waals surface area contributed by atoms with Crippen LogP contribution in [-0.2, 0) is 0 Å². The van der Waals surface area contributed by atoms with Gasteiger partial charge < -0.3 is 0 Å². The van der Waals surface area contributed by atoms with Gasteiger partial charge in [-0.15, -0.1) is 0 Å². The van der Waals surface area contributed by atoms with Gasteiger partial charge in [0.25, 0.3) is 0 Å². The van der Waals surface area contributed by atoms with Gasteiger partial charge in [-0.3, -0.25) is 4.99 Å². The predicted octanol–water partition coefficient (Wildman–Crippen LogP) is 3.83. The molecule has 13 heavy (non-hydrogen) atoms. The Bertz CT molecular complexity index is 334. The third kappa shape index (κ3) is 2.22. The summed E-state index contributed by atoms with van der Waals surface area (Å²) in [7, 11) is 3.52. The summed E-state index contributed by atoms with van der Waals surface area (Å²) in [4.78, 5) is 4.49. The summed E-state index contributed by atoms with van der Waals surface area (Å²) in [6.07, 6.45) is 0. The molecule has 1 aromatic carbocycles. The van der Waals surface area contributed by atoms with Crippen molar-refractivity contribution in [3.63, 3.8) is 0 Å². The molecular weight excluding hydrogens is 222 g/mol. The van der Waals surface area contributed by atoms with Crippen molar-refractivity contribution in [2.24, 2.45) is 4.99 Å². The van der Waals surface area contributed by atoms with Gasteiger partial charge in [-0.2, -0.15) is 0 Å². The smallest absolute Gasteiger partial charge is 0.110 e. The summed E-state index contributed by atoms with van der Waals surface area (Å²) in [5.74, 6) is 0. The normalized spacial score (nSPS) is 21.7. The first kappa shape index (κ1) is 9.44. The minimum Gasteiger partial charge on any atom is -0.262 e. The second-order valence-electron chi connectivity index (χ2n) is 2.72. The minimum atomic E-state index is 0.371. The molecule has 1 nitrogen and oxygen atoms in total. The summed E-state index contributed by atoms with van der Waals surface area (Å²) < 4.78 is 0. The molecule has 0 aliphatic carbocycles. The van der Waals surface area contributed by atoms with Crippen molar-refractivity contribution in [2.45, 2.75) is 12.3 Å². The highest BCUT2D eigenvalue weighted by Gasteiger charge is 2.15. The first-order valence-electron chi connectivity index (χ1n) is 3.93. The molecule has 1 aliphatic heterocycles. The maximum absolute atomic E-state index is 5.80. The summed E-state index contributed by atoms with van der Waals surface area (Å²) >= 11 is 5.80. The van der Waals surface area contributed by atoms with E-state index in [1.165, 1.54) is 0 Å². The highest BCUT2D eigenvalue weighted by atomic mass is 35.5. The van der Waals surface area contributed by atoms with E-state index in [2.05, 4.69) is 11.9 Å². The maximum Gasteiger partial charge on any atom is 0.110 e. The number of benzene rings is 1. The van der Waals surface area contributed by atoms with Gasteiger partial charge in [-0.05, 0) is 29.9 Å². The predicted molar refractivity (Wildman–Crippen MR) is 62.6 cm³/mol. The maximum atomic E-state index is 5.80. The van der Waals surface area contributed by atoms with E-state index in [9.17, 15) is 0 Å². The first-order chi connectivity index (χ1) is 6.25. The summed E-state index contributed by atoms with van der Waals surface area (Å²) in [6, 6.07) is 7.81. The summed E-state index contributed by atoms with van der Waals surface area (Å²) in [5, 5.41) is 2.25. The molecule has 1 atom stereocenters. The van der Waals surface area contributed by atoms with Crippen LogP contribution in [0, 0.1) is 0 Å². The van der Waals surface area contributed by atoms with Crippen molar-refractivity contribution in [1.29, 1.82) is 0 Å². The molecule has 2 rings (SSSR count). The van der Waals surface area contributed by atoms with E-state index in [1.54, 1.807) is 21.6 Å². The largest absolute Gasteiger partial charge is 0.262 e. The molecule has 0 saturated carbocycles. The lowest BCUT2D eigenvalue weighted by atomic mass is 10.2. The quantitative estimate of drug-likeness (QED) is 0.679. The van der Waals surface area contributed by atoms with E-state index in [-0.39, 0.29) is 0 Å². The fourth-order valence-electron chi connectivity index (χ4n) is 1.04. The van der Waals surface area contributed by atoms with Crippen LogP contribution in [0.15, 0.2) is 29.3 Å². The molecule has 0 radical (unpaired) electrons. The second-order valence-corrected chi connectivity index (χ2v) is 5.66. The van der Waals surface area contributed by atoms with E-state index >= 15 is 0 Å². The zero-order valence-corrected chi connectivity index (χ0v) is 9.42. The fraction of sp³-hybridized carbons (Fsp3) is 0.222. The molecule has 1 aromatic rings. The molecule has 0 spiro atoms. The SMILES string of the molecule is CC1N=C(c2ccc(Cl)cc2)SS1. The van der Waals surface area contributed by atoms with Gasteiger partial charge in [0.05, 0.1) is 0 Å². The average Bonchev–Trinajstić information content (AvgIpc) is 2.53. The van der Waals surface area contributed by atoms with Crippen LogP contribution in [0.1, 0.15) is 12.5 Å². The van der Waals surface area contributed by atoms with Gasteiger partial charge in [0.2, 0.25) is 0 Å². The molecule has 4 heteroatoms. The van der Waals surface area contributed by atoms with Crippen LogP contribution in [0.5, 0.6) is 0 Å². The van der Waals surface area contributed by atoms with Crippen molar-refractivity contribution in [3.8, 4) is 0 Å². The first-order valence-corrected chi connectivity index (χ1v) is 6.52. The standard InChI is InChI=1S/C9H8ClNS2/c1-6-11-9(13-12-6)7-2-4-8(10)5-3-7/h2-6H,1H3. The topological polar surface area (TPSA) is 12.4 Å². The van der Waals surface area contributed by atoms with Crippen LogP contribution in [0.3, 0.4) is 0 Å². The average molecular weight is 230 g/mol. The molecule has 68 valence electrons. The molecule has 1 heterocycles. The van der Waals surface area contributed by atoms with E-state index in [1.807, 2.05) is 24.3 Å². The molecular formula is C9H8ClNS2. The van der Waals surface area contributed by atoms with Gasteiger partial charge in [0, 0.05) is 10.6 Å². The van der Waals surface area contributed by atoms with Crippen LogP contribution in [-0.4, -0.2) is 10.4 Å². The summed E-state index contributed by atoms with van der Waals surface area (Å²) in [5.41, 5.74) is 1.16. The van der Waals surface area contributed by atoms with Crippen LogP contribution in [0.2, 0.25) is 5.02 Å². The molecule has 0 amide bonds. The lowest BCUT2D eigenvalue weighted by Gasteiger charge is -1.97. The van der Waals surface area contributed by atoms with Crippen LogP contribution in [0.25, 0.3) is 0 Å². The third-order valence-electron chi connectivity index (χ3n) is 1.66. The van der Waals surface area contributed by atoms with Gasteiger partial charge in [0.15, 0.2) is 0 Å². The Morgan fingerprint density at radius 3 is 2.54 bits per heavy atom. The Morgan fingerprint density at radius 2 is 2.00 bits per heavy atom. The highest BCUT2D eigenvalue weighted by Crippen LogP contribution is 2.38. The Balaban J connectivity index is 2.26. The second kappa shape index (κ2) is 3.95. The van der Waals surface area contributed by atoms with E-state index in [4.69, 9.17) is 11.6 Å². The highest BCUT2D eigenvalue weighted by molar-refractivity contribution is 8.83. The van der Waals surface area contributed by atoms with Crippen LogP contribution in [0.4, 0.5) is 0 Å². The molecule has 0 fully saturated rings. The number of nitrogens with zero attached hydrogens (tertiary/aromatic N) is 1. The van der Waals surface area contributed by atoms with Crippen molar-refractivity contribution >= 4 is 38.2 Å². The molecule has 0 N–H and O–H groups in total. The monoisotopic (exact) mass is 229 g/mol. The number of halogens is 1. The summed E-state index contributed by atoms with van der Waals surface area (Å²) in [6.45, 7) is 2.10. The van der Waals surface area contributed by atoms with E-state index in [0.717, 1.165) is 15.6 Å². The molecule has 0 bridgehead atoms. The molecule has 0 aromatic heterocycles. The van der Waals surface area contributed by atoms with E-state index in [0.29, 0.717) is 5.37 Å². The number of hydrogen-bond acceptors (Lipinski definition) is 3. The Kier molecular flexibility index (Phi) is 2.86. The lowest BCUT2D eigenvalue weighted by molar-refractivity contribution is 1.06. The number of aliphatic imine (C=N–C) groups is 1. The Hall–Kier alpha value is -0.120. The lowest BCUT2D eigenvalue weighted by Crippen LogP contribution is -1.91. The third-order valence-corrected chi connectivity index (χ3v) is 4.49. The number of rotatable bonds is 1. The van der Waals surface area contributed by atoms with Gasteiger partial charge in [0.1, 0.15) is 10.4 Å². The molecule has 1 aliphatic rings. The van der Waals surface area contributed by atoms with Crippen LogP contribution >= 0.6 is 33.2 Å². The van der Waals surface area contributed by atoms with Gasteiger partial charge in [-0.1, -0.05) is 34.5 Å². The van der Waals surface area contributed by atoms with Crippen molar-refractivity contribution in [3.05, 3.63) is 34.9 Å². The van der Waals surface area contributed by atoms with Gasteiger partial charge >= 0.3 is 0 Å². The molecule has 0 saturated heterocycles. The van der Waals surface area contributed by atoms with Gasteiger partial charge in [-0.25, -0.2) is 0 Å². The van der Waals surface area contributed by atoms with Crippen molar-refractivity contribution < 1.29 is 0 Å². The minimum absolute atomic E-state index is 0.371. The van der Waals surface area contributed by atoms with Crippen molar-refractivity contribution in [2.75, 3.05) is 0 Å². The number of hydrogen-bond donors (Lipinski definition) is 0. The van der Waals surface area contributed by atoms with Crippen LogP contribution < -0.4 is 0 Å². The zero-order chi connectivity index (χ0) is 9.26.